The molecule has 142 valence electrons. The number of carbonyl (C=O) groups excluding carboxylic acids is 1. The SMILES string of the molecule is CC(C)c1ccc(-n2nc(-c3ccno3)c3c2CC(C)(C)C(C#N)C3=O)cc1. The van der Waals surface area contributed by atoms with Gasteiger partial charge in [-0.3, -0.25) is 4.79 Å². The van der Waals surface area contributed by atoms with Crippen molar-refractivity contribution in [1.29, 1.82) is 5.26 Å². The topological polar surface area (TPSA) is 84.7 Å². The summed E-state index contributed by atoms with van der Waals surface area (Å²) in [6.45, 7) is 8.20. The lowest BCUT2D eigenvalue weighted by atomic mass is 9.68. The van der Waals surface area contributed by atoms with Crippen LogP contribution in [0.3, 0.4) is 0 Å². The average molecular weight is 374 g/mol. The van der Waals surface area contributed by atoms with E-state index in [1.165, 1.54) is 11.8 Å². The van der Waals surface area contributed by atoms with Gasteiger partial charge < -0.3 is 4.52 Å². The normalized spacial score (nSPS) is 18.1. The first-order valence-corrected chi connectivity index (χ1v) is 9.40. The third-order valence-corrected chi connectivity index (χ3v) is 5.50. The standard InChI is InChI=1S/C22H22N4O2/c1-13(2)14-5-7-15(8-6-14)26-17-11-22(3,4)16(12-23)21(27)19(17)20(25-26)18-9-10-24-28-18/h5-10,13,16H,11H2,1-4H3. The number of nitriles is 1. The molecular formula is C22H22N4O2. The predicted molar refractivity (Wildman–Crippen MR) is 104 cm³/mol. The second-order valence-corrected chi connectivity index (χ2v) is 8.30. The molecule has 1 atom stereocenters. The zero-order valence-electron chi connectivity index (χ0n) is 16.4. The Labute approximate surface area is 163 Å². The Bertz CT molecular complexity index is 1070. The summed E-state index contributed by atoms with van der Waals surface area (Å²) < 4.78 is 7.10. The molecule has 0 radical (unpaired) electrons. The molecule has 0 aliphatic heterocycles. The van der Waals surface area contributed by atoms with Gasteiger partial charge in [0.05, 0.1) is 29.2 Å². The fourth-order valence-corrected chi connectivity index (χ4v) is 3.87. The van der Waals surface area contributed by atoms with Crippen molar-refractivity contribution in [1.82, 2.24) is 14.9 Å². The fourth-order valence-electron chi connectivity index (χ4n) is 3.87. The number of nitrogens with zero attached hydrogens (tertiary/aromatic N) is 4. The molecule has 28 heavy (non-hydrogen) atoms. The molecule has 3 aromatic rings. The number of fused-ring (bicyclic) bond motifs is 1. The van der Waals surface area contributed by atoms with Crippen LogP contribution in [0.4, 0.5) is 0 Å². The van der Waals surface area contributed by atoms with E-state index in [0.29, 0.717) is 29.4 Å². The van der Waals surface area contributed by atoms with E-state index in [1.54, 1.807) is 6.07 Å². The van der Waals surface area contributed by atoms with Crippen LogP contribution in [0.1, 0.15) is 55.2 Å². The lowest BCUT2D eigenvalue weighted by molar-refractivity contribution is 0.0835. The molecular weight excluding hydrogens is 352 g/mol. The summed E-state index contributed by atoms with van der Waals surface area (Å²) in [5.41, 5.74) is 3.36. The summed E-state index contributed by atoms with van der Waals surface area (Å²) in [5.74, 6) is -0.0615. The molecule has 0 amide bonds. The van der Waals surface area contributed by atoms with Crippen LogP contribution < -0.4 is 0 Å². The third-order valence-electron chi connectivity index (χ3n) is 5.50. The van der Waals surface area contributed by atoms with E-state index >= 15 is 0 Å². The summed E-state index contributed by atoms with van der Waals surface area (Å²) in [4.78, 5) is 13.2. The summed E-state index contributed by atoms with van der Waals surface area (Å²) in [7, 11) is 0. The van der Waals surface area contributed by atoms with E-state index in [4.69, 9.17) is 9.62 Å². The van der Waals surface area contributed by atoms with Crippen LogP contribution in [-0.2, 0) is 6.42 Å². The molecule has 6 heteroatoms. The monoisotopic (exact) mass is 374 g/mol. The number of rotatable bonds is 3. The summed E-state index contributed by atoms with van der Waals surface area (Å²) in [5, 5.41) is 18.1. The molecule has 0 N–H and O–H groups in total. The van der Waals surface area contributed by atoms with E-state index in [0.717, 1.165) is 11.4 Å². The van der Waals surface area contributed by atoms with Gasteiger partial charge in [0.2, 0.25) is 0 Å². The highest BCUT2D eigenvalue weighted by molar-refractivity contribution is 6.06. The van der Waals surface area contributed by atoms with Gasteiger partial charge >= 0.3 is 0 Å². The van der Waals surface area contributed by atoms with Gasteiger partial charge in [0.1, 0.15) is 11.6 Å². The number of hydrogen-bond acceptors (Lipinski definition) is 5. The van der Waals surface area contributed by atoms with Crippen LogP contribution in [0, 0.1) is 22.7 Å². The zero-order valence-corrected chi connectivity index (χ0v) is 16.4. The van der Waals surface area contributed by atoms with E-state index in [-0.39, 0.29) is 5.78 Å². The van der Waals surface area contributed by atoms with Crippen molar-refractivity contribution in [3.63, 3.8) is 0 Å². The summed E-state index contributed by atoms with van der Waals surface area (Å²) >= 11 is 0. The maximum atomic E-state index is 13.2. The number of benzene rings is 1. The zero-order chi connectivity index (χ0) is 20.1. The van der Waals surface area contributed by atoms with Gasteiger partial charge in [0.15, 0.2) is 11.5 Å². The third kappa shape index (κ3) is 2.75. The molecule has 0 spiro atoms. The van der Waals surface area contributed by atoms with Gasteiger partial charge in [-0.1, -0.05) is 45.0 Å². The highest BCUT2D eigenvalue weighted by Gasteiger charge is 2.45. The Balaban J connectivity index is 1.93. The number of hydrogen-bond donors (Lipinski definition) is 0. The first-order chi connectivity index (χ1) is 13.3. The first kappa shape index (κ1) is 18.2. The Kier molecular flexibility index (Phi) is 4.19. The average Bonchev–Trinajstić information content (AvgIpc) is 3.29. The maximum absolute atomic E-state index is 13.2. The van der Waals surface area contributed by atoms with Crippen molar-refractivity contribution in [2.45, 2.75) is 40.0 Å². The van der Waals surface area contributed by atoms with Crippen LogP contribution in [0.15, 0.2) is 41.1 Å². The Morgan fingerprint density at radius 2 is 1.96 bits per heavy atom. The number of carbonyl (C=O) groups is 1. The molecule has 2 heterocycles. The number of Topliss-reactive ketones (excluding diaryl/α,β-unsaturated/α-hetero) is 1. The van der Waals surface area contributed by atoms with Gasteiger partial charge in [0, 0.05) is 6.07 Å². The van der Waals surface area contributed by atoms with E-state index < -0.39 is 11.3 Å². The maximum Gasteiger partial charge on any atom is 0.187 e. The van der Waals surface area contributed by atoms with Gasteiger partial charge in [-0.15, -0.1) is 0 Å². The number of aromatic nitrogens is 3. The van der Waals surface area contributed by atoms with Crippen molar-refractivity contribution >= 4 is 5.78 Å². The van der Waals surface area contributed by atoms with Gasteiger partial charge in [0.25, 0.3) is 0 Å². The van der Waals surface area contributed by atoms with Crippen molar-refractivity contribution in [2.24, 2.45) is 11.3 Å². The molecule has 0 fully saturated rings. The minimum atomic E-state index is -0.720. The van der Waals surface area contributed by atoms with Crippen LogP contribution in [0.2, 0.25) is 0 Å². The van der Waals surface area contributed by atoms with E-state index in [1.807, 2.05) is 30.7 Å². The molecule has 1 unspecified atom stereocenters. The molecule has 0 saturated heterocycles. The Hall–Kier alpha value is -3.20. The second kappa shape index (κ2) is 6.45. The van der Waals surface area contributed by atoms with Crippen LogP contribution in [0.25, 0.3) is 17.1 Å². The largest absolute Gasteiger partial charge is 0.355 e. The van der Waals surface area contributed by atoms with Crippen LogP contribution in [-0.4, -0.2) is 20.7 Å². The lowest BCUT2D eigenvalue weighted by Crippen LogP contribution is -2.37. The van der Waals surface area contributed by atoms with Crippen LogP contribution in [0.5, 0.6) is 0 Å². The lowest BCUT2D eigenvalue weighted by Gasteiger charge is -2.33. The molecule has 6 nitrogen and oxygen atoms in total. The van der Waals surface area contributed by atoms with Crippen molar-refractivity contribution in [3.05, 3.63) is 53.3 Å². The van der Waals surface area contributed by atoms with Gasteiger partial charge in [-0.25, -0.2) is 4.68 Å². The smallest absolute Gasteiger partial charge is 0.187 e. The van der Waals surface area contributed by atoms with E-state index in [2.05, 4.69) is 37.2 Å². The molecule has 2 aromatic heterocycles. The fraction of sp³-hybridized carbons (Fsp3) is 0.364. The van der Waals surface area contributed by atoms with Gasteiger partial charge in [-0.05, 0) is 35.4 Å². The first-order valence-electron chi connectivity index (χ1n) is 9.40. The highest BCUT2D eigenvalue weighted by Crippen LogP contribution is 2.43. The molecule has 1 aromatic carbocycles. The minimum absolute atomic E-state index is 0.204. The van der Waals surface area contributed by atoms with Gasteiger partial charge in [-0.2, -0.15) is 10.4 Å². The number of ketones is 1. The molecule has 4 rings (SSSR count). The second-order valence-electron chi connectivity index (χ2n) is 8.30. The molecule has 1 aliphatic rings. The molecule has 0 saturated carbocycles. The van der Waals surface area contributed by atoms with Crippen molar-refractivity contribution in [3.8, 4) is 23.2 Å². The predicted octanol–water partition coefficient (Wildman–Crippen LogP) is 4.56. The Morgan fingerprint density at radius 3 is 2.54 bits per heavy atom. The van der Waals surface area contributed by atoms with Crippen molar-refractivity contribution < 1.29 is 9.32 Å². The summed E-state index contributed by atoms with van der Waals surface area (Å²) in [6, 6.07) is 12.1. The molecule has 1 aliphatic carbocycles. The minimum Gasteiger partial charge on any atom is -0.355 e. The summed E-state index contributed by atoms with van der Waals surface area (Å²) in [6.07, 6.45) is 2.09. The van der Waals surface area contributed by atoms with Crippen molar-refractivity contribution in [2.75, 3.05) is 0 Å². The van der Waals surface area contributed by atoms with Crippen LogP contribution >= 0.6 is 0 Å². The Morgan fingerprint density at radius 1 is 1.25 bits per heavy atom. The quantitative estimate of drug-likeness (QED) is 0.671. The molecule has 0 bridgehead atoms. The van der Waals surface area contributed by atoms with E-state index in [9.17, 15) is 10.1 Å². The highest BCUT2D eigenvalue weighted by atomic mass is 16.5.